The lowest BCUT2D eigenvalue weighted by atomic mass is 9.93. The highest BCUT2D eigenvalue weighted by atomic mass is 32.2. The summed E-state index contributed by atoms with van der Waals surface area (Å²) in [5, 5.41) is 2.06. The maximum Gasteiger partial charge on any atom is 0.255 e. The zero-order valence-electron chi connectivity index (χ0n) is 22.7. The van der Waals surface area contributed by atoms with Crippen LogP contribution in [0.15, 0.2) is 0 Å². The Morgan fingerprint density at radius 1 is 1.14 bits per heavy atom. The molecule has 3 saturated heterocycles. The van der Waals surface area contributed by atoms with Gasteiger partial charge in [-0.25, -0.2) is 0 Å². The molecule has 0 aromatic carbocycles. The number of hydroxylamine groups is 2. The van der Waals surface area contributed by atoms with Crippen LogP contribution in [0.4, 0.5) is 0 Å². The van der Waals surface area contributed by atoms with Crippen LogP contribution in [0.1, 0.15) is 58.8 Å². The van der Waals surface area contributed by atoms with Gasteiger partial charge in [0.25, 0.3) is 5.91 Å². The third-order valence-electron chi connectivity index (χ3n) is 8.06. The van der Waals surface area contributed by atoms with E-state index in [1.807, 2.05) is 11.9 Å². The summed E-state index contributed by atoms with van der Waals surface area (Å²) < 4.78 is 2.46. The van der Waals surface area contributed by atoms with E-state index in [-0.39, 0.29) is 18.6 Å². The molecule has 0 bridgehead atoms. The molecule has 0 saturated carbocycles. The molecular formula is C26H49N5O3S. The first kappa shape index (κ1) is 28.9. The molecule has 1 amide bonds. The van der Waals surface area contributed by atoms with Crippen LogP contribution in [-0.4, -0.2) is 121 Å². The van der Waals surface area contributed by atoms with Gasteiger partial charge >= 0.3 is 0 Å². The first-order chi connectivity index (χ1) is 16.8. The lowest BCUT2D eigenvalue weighted by molar-refractivity contribution is -0.279. The van der Waals surface area contributed by atoms with Crippen LogP contribution in [0.2, 0.25) is 0 Å². The second-order valence-electron chi connectivity index (χ2n) is 11.2. The zero-order chi connectivity index (χ0) is 25.4. The van der Waals surface area contributed by atoms with Gasteiger partial charge in [-0.2, -0.15) is 5.06 Å². The van der Waals surface area contributed by atoms with E-state index in [4.69, 9.17) is 4.84 Å². The SMILES string of the molecule is CSN1CCC(CCCN2OC(CC(C)C)C(=O)N(CC=O)C2CN(C)C2CCN(C)CC2)CC1. The van der Waals surface area contributed by atoms with Crippen LogP contribution < -0.4 is 0 Å². The van der Waals surface area contributed by atoms with E-state index in [1.165, 1.54) is 32.4 Å². The van der Waals surface area contributed by atoms with Crippen molar-refractivity contribution >= 4 is 24.1 Å². The summed E-state index contributed by atoms with van der Waals surface area (Å²) in [7, 11) is 4.34. The Morgan fingerprint density at radius 2 is 1.83 bits per heavy atom. The Morgan fingerprint density at radius 3 is 2.43 bits per heavy atom. The Kier molecular flexibility index (Phi) is 11.8. The van der Waals surface area contributed by atoms with Gasteiger partial charge in [0.1, 0.15) is 12.5 Å². The predicted molar refractivity (Wildman–Crippen MR) is 143 cm³/mol. The molecule has 3 fully saturated rings. The van der Waals surface area contributed by atoms with Crippen molar-refractivity contribution in [2.45, 2.75) is 77.1 Å². The highest BCUT2D eigenvalue weighted by Crippen LogP contribution is 2.28. The number of hydrogen-bond acceptors (Lipinski definition) is 8. The van der Waals surface area contributed by atoms with E-state index < -0.39 is 6.10 Å². The molecule has 0 aliphatic carbocycles. The van der Waals surface area contributed by atoms with Crippen LogP contribution in [0.3, 0.4) is 0 Å². The number of aldehydes is 1. The molecule has 3 heterocycles. The fraction of sp³-hybridized carbons (Fsp3) is 0.923. The van der Waals surface area contributed by atoms with Gasteiger partial charge in [0.2, 0.25) is 0 Å². The minimum Gasteiger partial charge on any atom is -0.314 e. The molecule has 0 N–H and O–H groups in total. The Labute approximate surface area is 217 Å². The first-order valence-electron chi connectivity index (χ1n) is 13.7. The van der Waals surface area contributed by atoms with Gasteiger partial charge < -0.3 is 14.6 Å². The van der Waals surface area contributed by atoms with Gasteiger partial charge in [0.05, 0.1) is 6.54 Å². The summed E-state index contributed by atoms with van der Waals surface area (Å²) in [5.41, 5.74) is 0. The van der Waals surface area contributed by atoms with Crippen LogP contribution >= 0.6 is 11.9 Å². The lowest BCUT2D eigenvalue weighted by Gasteiger charge is -2.48. The minimum absolute atomic E-state index is 0.0340. The number of hydrogen-bond donors (Lipinski definition) is 0. The van der Waals surface area contributed by atoms with E-state index in [0.717, 1.165) is 51.1 Å². The summed E-state index contributed by atoms with van der Waals surface area (Å²) in [6.07, 6.45) is 10.0. The van der Waals surface area contributed by atoms with Crippen molar-refractivity contribution in [3.05, 3.63) is 0 Å². The molecule has 3 aliphatic heterocycles. The topological polar surface area (TPSA) is 59.6 Å². The van der Waals surface area contributed by atoms with E-state index in [9.17, 15) is 9.59 Å². The molecule has 0 radical (unpaired) electrons. The molecule has 2 atom stereocenters. The first-order valence-corrected chi connectivity index (χ1v) is 14.9. The average molecular weight is 512 g/mol. The van der Waals surface area contributed by atoms with E-state index in [1.54, 1.807) is 4.90 Å². The molecule has 0 aromatic heterocycles. The van der Waals surface area contributed by atoms with Gasteiger partial charge in [0, 0.05) is 32.2 Å². The molecule has 3 aliphatic rings. The number of carbonyl (C=O) groups is 2. The summed E-state index contributed by atoms with van der Waals surface area (Å²) in [5.74, 6) is 1.08. The maximum absolute atomic E-state index is 13.4. The number of amides is 1. The molecule has 0 aromatic rings. The van der Waals surface area contributed by atoms with E-state index in [2.05, 4.69) is 53.4 Å². The van der Waals surface area contributed by atoms with Crippen molar-refractivity contribution in [3.8, 4) is 0 Å². The van der Waals surface area contributed by atoms with Gasteiger partial charge in [-0.15, -0.1) is 0 Å². The molecule has 3 rings (SSSR count). The van der Waals surface area contributed by atoms with Gasteiger partial charge in [-0.05, 0) is 90.2 Å². The molecule has 0 spiro atoms. The zero-order valence-corrected chi connectivity index (χ0v) is 23.5. The number of carbonyl (C=O) groups excluding carboxylic acids is 2. The Bertz CT molecular complexity index is 653. The molecule has 8 nitrogen and oxygen atoms in total. The van der Waals surface area contributed by atoms with E-state index in [0.29, 0.717) is 24.9 Å². The van der Waals surface area contributed by atoms with Crippen LogP contribution in [-0.2, 0) is 14.4 Å². The van der Waals surface area contributed by atoms with Crippen molar-refractivity contribution in [1.29, 1.82) is 0 Å². The average Bonchev–Trinajstić information content (AvgIpc) is 2.84. The second-order valence-corrected chi connectivity index (χ2v) is 12.1. The fourth-order valence-electron chi connectivity index (χ4n) is 5.78. The molecule has 202 valence electrons. The summed E-state index contributed by atoms with van der Waals surface area (Å²) >= 11 is 1.85. The van der Waals surface area contributed by atoms with Crippen molar-refractivity contribution in [2.24, 2.45) is 11.8 Å². The van der Waals surface area contributed by atoms with Gasteiger partial charge in [-0.1, -0.05) is 25.8 Å². The maximum atomic E-state index is 13.4. The number of likely N-dealkylation sites (N-methyl/N-ethyl adjacent to an activating group) is 1. The minimum atomic E-state index is -0.496. The monoisotopic (exact) mass is 511 g/mol. The Balaban J connectivity index is 1.66. The van der Waals surface area contributed by atoms with Crippen LogP contribution in [0.5, 0.6) is 0 Å². The van der Waals surface area contributed by atoms with E-state index >= 15 is 0 Å². The molecule has 9 heteroatoms. The van der Waals surface area contributed by atoms with Crippen LogP contribution in [0.25, 0.3) is 0 Å². The number of rotatable bonds is 12. The Hall–Kier alpha value is -0.710. The number of piperidine rings is 2. The molecule has 35 heavy (non-hydrogen) atoms. The van der Waals surface area contributed by atoms with Gasteiger partial charge in [-0.3, -0.25) is 18.8 Å². The standard InChI is InChI=1S/C26H49N5O3S/c1-21(2)19-24-26(33)30(17-18-32)25(20-28(4)23-10-13-27(3)14-11-23)31(34-24)12-6-7-22-8-15-29(35-5)16-9-22/h18,21-25H,6-17,19-20H2,1-5H3. The third kappa shape index (κ3) is 8.40. The normalized spacial score (nSPS) is 26.8. The van der Waals surface area contributed by atoms with Crippen LogP contribution in [0, 0.1) is 11.8 Å². The molecule has 2 unspecified atom stereocenters. The van der Waals surface area contributed by atoms with Crippen molar-refractivity contribution in [3.63, 3.8) is 0 Å². The predicted octanol–water partition coefficient (Wildman–Crippen LogP) is 2.80. The lowest BCUT2D eigenvalue weighted by Crippen LogP contribution is -2.65. The van der Waals surface area contributed by atoms with Crippen molar-refractivity contribution in [2.75, 3.05) is 66.2 Å². The fourth-order valence-corrected chi connectivity index (χ4v) is 6.36. The van der Waals surface area contributed by atoms with Crippen molar-refractivity contribution in [1.82, 2.24) is 24.1 Å². The highest BCUT2D eigenvalue weighted by Gasteiger charge is 2.42. The summed E-state index contributed by atoms with van der Waals surface area (Å²) in [6.45, 7) is 10.4. The third-order valence-corrected chi connectivity index (χ3v) is 8.94. The highest BCUT2D eigenvalue weighted by molar-refractivity contribution is 7.96. The smallest absolute Gasteiger partial charge is 0.255 e. The number of nitrogens with zero attached hydrogens (tertiary/aromatic N) is 5. The number of likely N-dealkylation sites (tertiary alicyclic amines) is 1. The second kappa shape index (κ2) is 14.3. The quantitative estimate of drug-likeness (QED) is 0.293. The summed E-state index contributed by atoms with van der Waals surface area (Å²) in [6, 6.07) is 0.497. The summed E-state index contributed by atoms with van der Waals surface area (Å²) in [4.78, 5) is 37.9. The largest absolute Gasteiger partial charge is 0.314 e. The van der Waals surface area contributed by atoms with Crippen molar-refractivity contribution < 1.29 is 14.4 Å². The molecular weight excluding hydrogens is 462 g/mol. The van der Waals surface area contributed by atoms with Gasteiger partial charge in [0.15, 0.2) is 6.10 Å².